The molecule has 1 nitrogen and oxygen atoms in total. The molecule has 0 aliphatic heterocycles. The predicted molar refractivity (Wildman–Crippen MR) is 37.9 cm³/mol. The van der Waals surface area contributed by atoms with Crippen LogP contribution in [-0.2, 0) is 0 Å². The fourth-order valence-electron chi connectivity index (χ4n) is 0.615. The van der Waals surface area contributed by atoms with Crippen LogP contribution in [-0.4, -0.2) is 13.3 Å². The summed E-state index contributed by atoms with van der Waals surface area (Å²) in [4.78, 5) is 0. The Morgan fingerprint density at radius 3 is 3.10 bits per heavy atom. The second-order valence-electron chi connectivity index (χ2n) is 1.76. The first-order chi connectivity index (χ1) is 5.34. The van der Waals surface area contributed by atoms with E-state index in [1.54, 1.807) is 24.3 Å². The smallest absolute Gasteiger partial charge is 0.123 e. The van der Waals surface area contributed by atoms with Gasteiger partial charge in [-0.25, -0.2) is 4.39 Å². The molecule has 1 aromatic carbocycles. The van der Waals surface area contributed by atoms with Gasteiger partial charge in [-0.3, -0.25) is 0 Å². The summed E-state index contributed by atoms with van der Waals surface area (Å²) >= 11 is 0. The van der Waals surface area contributed by atoms with Gasteiger partial charge in [-0.1, -0.05) is 18.2 Å². The molecular weight excluding hydrogens is 131 g/mol. The Morgan fingerprint density at radius 2 is 2.40 bits per heavy atom. The van der Waals surface area contributed by atoms with Gasteiger partial charge in [-0.15, -0.1) is 0 Å². The molecule has 0 heterocycles. The third kappa shape index (κ3) is 2.05. The summed E-state index contributed by atoms with van der Waals surface area (Å²) in [7, 11) is 0. The summed E-state index contributed by atoms with van der Waals surface area (Å²) in [6.45, 7) is -0.496. The molecule has 0 saturated heterocycles. The maximum Gasteiger partial charge on any atom is 0.123 e. The van der Waals surface area contributed by atoms with E-state index < -0.39 is 6.67 Å². The predicted octanol–water partition coefficient (Wildman–Crippen LogP) is 2.03. The van der Waals surface area contributed by atoms with Crippen molar-refractivity contribution in [1.82, 2.24) is 0 Å². The Kier molecular flexibility index (Phi) is 2.22. The zero-order valence-electron chi connectivity index (χ0n) is 6.51. The summed E-state index contributed by atoms with van der Waals surface area (Å²) < 4.78 is 23.8. The Balaban J connectivity index is 2.62. The number of benzene rings is 1. The minimum absolute atomic E-state index is 0.0237. The van der Waals surface area contributed by atoms with Gasteiger partial charge in [0.1, 0.15) is 19.0 Å². The van der Waals surface area contributed by atoms with Crippen molar-refractivity contribution >= 4 is 0 Å². The van der Waals surface area contributed by atoms with E-state index in [1.807, 2.05) is 0 Å². The summed E-state index contributed by atoms with van der Waals surface area (Å²) in [5, 5.41) is 0. The Labute approximate surface area is 60.8 Å². The maximum atomic E-state index is 11.6. The van der Waals surface area contributed by atoms with Crippen LogP contribution in [0.4, 0.5) is 4.39 Å². The maximum absolute atomic E-state index is 11.6. The zero-order chi connectivity index (χ0) is 8.10. The van der Waals surface area contributed by atoms with E-state index in [4.69, 9.17) is 6.11 Å². The molecular formula is C8H9FO. The minimum Gasteiger partial charge on any atom is -0.491 e. The van der Waals surface area contributed by atoms with Gasteiger partial charge in [0.05, 0.1) is 1.37 Å². The van der Waals surface area contributed by atoms with Crippen LogP contribution in [0.15, 0.2) is 30.3 Å². The first-order valence-corrected chi connectivity index (χ1v) is 3.09. The molecule has 0 spiro atoms. The molecule has 2 heteroatoms. The SMILES string of the molecule is [3H]c1ccccc1OCCF. The summed E-state index contributed by atoms with van der Waals surface area (Å²) in [6.07, 6.45) is 0. The highest BCUT2D eigenvalue weighted by molar-refractivity contribution is 5.20. The van der Waals surface area contributed by atoms with Crippen molar-refractivity contribution in [1.29, 1.82) is 0 Å². The minimum atomic E-state index is -0.520. The quantitative estimate of drug-likeness (QED) is 0.627. The van der Waals surface area contributed by atoms with Crippen molar-refractivity contribution in [3.8, 4) is 5.75 Å². The molecule has 0 unspecified atom stereocenters. The zero-order valence-corrected chi connectivity index (χ0v) is 5.51. The van der Waals surface area contributed by atoms with Crippen LogP contribution >= 0.6 is 0 Å². The number of rotatable bonds is 3. The van der Waals surface area contributed by atoms with Gasteiger partial charge in [-0.05, 0) is 12.1 Å². The van der Waals surface area contributed by atoms with Crippen LogP contribution in [0.5, 0.6) is 5.75 Å². The van der Waals surface area contributed by atoms with Crippen molar-refractivity contribution in [2.24, 2.45) is 0 Å². The number of ether oxygens (including phenoxy) is 1. The van der Waals surface area contributed by atoms with Gasteiger partial charge >= 0.3 is 0 Å². The molecule has 0 aliphatic rings. The molecule has 0 fully saturated rings. The van der Waals surface area contributed by atoms with Crippen LogP contribution < -0.4 is 4.74 Å². The van der Waals surface area contributed by atoms with E-state index in [0.29, 0.717) is 11.8 Å². The lowest BCUT2D eigenvalue weighted by atomic mass is 10.3. The highest BCUT2D eigenvalue weighted by Crippen LogP contribution is 2.07. The Hall–Kier alpha value is -1.05. The van der Waals surface area contributed by atoms with Crippen molar-refractivity contribution in [3.05, 3.63) is 30.3 Å². The lowest BCUT2D eigenvalue weighted by Crippen LogP contribution is -1.97. The molecule has 1 aromatic rings. The number of halogens is 1. The molecule has 0 radical (unpaired) electrons. The monoisotopic (exact) mass is 142 g/mol. The van der Waals surface area contributed by atoms with Crippen LogP contribution in [0.2, 0.25) is 0 Å². The molecule has 0 saturated carbocycles. The van der Waals surface area contributed by atoms with Crippen molar-refractivity contribution in [2.45, 2.75) is 0 Å². The number of hydrogen-bond donors (Lipinski definition) is 0. The van der Waals surface area contributed by atoms with Crippen molar-refractivity contribution in [2.75, 3.05) is 13.3 Å². The molecule has 0 aromatic heterocycles. The molecule has 0 bridgehead atoms. The highest BCUT2D eigenvalue weighted by atomic mass is 19.1. The average Bonchev–Trinajstić information content (AvgIpc) is 2.03. The van der Waals surface area contributed by atoms with E-state index in [-0.39, 0.29) is 6.61 Å². The van der Waals surface area contributed by atoms with E-state index in [1.165, 1.54) is 0 Å². The van der Waals surface area contributed by atoms with Crippen molar-refractivity contribution in [3.63, 3.8) is 0 Å². The van der Waals surface area contributed by atoms with Gasteiger partial charge < -0.3 is 4.74 Å². The van der Waals surface area contributed by atoms with Crippen LogP contribution in [0, 0.1) is 0 Å². The lowest BCUT2D eigenvalue weighted by Gasteiger charge is -2.00. The summed E-state index contributed by atoms with van der Waals surface area (Å²) in [5.41, 5.74) is 0. The lowest BCUT2D eigenvalue weighted by molar-refractivity contribution is 0.273. The second-order valence-corrected chi connectivity index (χ2v) is 1.76. The van der Waals surface area contributed by atoms with Gasteiger partial charge in [0, 0.05) is 0 Å². The first kappa shape index (κ1) is 5.71. The fraction of sp³-hybridized carbons (Fsp3) is 0.250. The van der Waals surface area contributed by atoms with E-state index in [9.17, 15) is 4.39 Å². The largest absolute Gasteiger partial charge is 0.491 e. The topological polar surface area (TPSA) is 9.23 Å². The molecule has 0 aliphatic carbocycles. The third-order valence-electron chi connectivity index (χ3n) is 1.02. The molecule has 1 rings (SSSR count). The molecule has 0 N–H and O–H groups in total. The molecule has 0 atom stereocenters. The first-order valence-electron chi connectivity index (χ1n) is 3.59. The summed E-state index contributed by atoms with van der Waals surface area (Å²) in [6, 6.07) is 7.04. The Bertz CT molecular complexity index is 227. The van der Waals surface area contributed by atoms with E-state index in [0.717, 1.165) is 0 Å². The molecule has 54 valence electrons. The Morgan fingerprint density at radius 1 is 1.50 bits per heavy atom. The van der Waals surface area contributed by atoms with Crippen LogP contribution in [0.3, 0.4) is 0 Å². The summed E-state index contributed by atoms with van der Waals surface area (Å²) in [5.74, 6) is 0.435. The van der Waals surface area contributed by atoms with Gasteiger partial charge in [-0.2, -0.15) is 0 Å². The number of alkyl halides is 1. The number of para-hydroxylation sites is 1. The van der Waals surface area contributed by atoms with Crippen LogP contribution in [0.1, 0.15) is 1.37 Å². The van der Waals surface area contributed by atoms with Crippen LogP contribution in [0.25, 0.3) is 0 Å². The second kappa shape index (κ2) is 3.88. The average molecular weight is 142 g/mol. The van der Waals surface area contributed by atoms with E-state index in [2.05, 4.69) is 0 Å². The molecule has 10 heavy (non-hydrogen) atoms. The standard InChI is InChI=1S/C8H9FO/c9-6-7-10-8-4-2-1-3-5-8/h1-5H,6-7H2/i4T. The van der Waals surface area contributed by atoms with Crippen molar-refractivity contribution < 1.29 is 10.5 Å². The fourth-order valence-corrected chi connectivity index (χ4v) is 0.615. The van der Waals surface area contributed by atoms with Gasteiger partial charge in [0.2, 0.25) is 0 Å². The van der Waals surface area contributed by atoms with E-state index >= 15 is 0 Å². The molecule has 0 amide bonds. The highest BCUT2D eigenvalue weighted by Gasteiger charge is 1.87. The number of hydrogen-bond acceptors (Lipinski definition) is 1. The normalized spacial score (nSPS) is 10.7. The van der Waals surface area contributed by atoms with Gasteiger partial charge in [0.15, 0.2) is 0 Å². The van der Waals surface area contributed by atoms with Gasteiger partial charge in [0.25, 0.3) is 0 Å². The third-order valence-corrected chi connectivity index (χ3v) is 1.02.